The Kier molecular flexibility index (Phi) is 5.55. The number of halogens is 1. The molecule has 22 heavy (non-hydrogen) atoms. The Hall–Kier alpha value is -2.81. The minimum atomic E-state index is -0.339. The van der Waals surface area contributed by atoms with Crippen molar-refractivity contribution in [1.29, 1.82) is 5.26 Å². The molecule has 0 atom stereocenters. The summed E-state index contributed by atoms with van der Waals surface area (Å²) < 4.78 is 15.7. The fourth-order valence-corrected chi connectivity index (χ4v) is 2.00. The minimum Gasteiger partial charge on any atom is -0.355 e. The lowest BCUT2D eigenvalue weighted by Crippen LogP contribution is -2.38. The number of aliphatic imine (C=N–C) groups is 1. The van der Waals surface area contributed by atoms with E-state index in [9.17, 15) is 4.39 Å². The third kappa shape index (κ3) is 4.35. The highest BCUT2D eigenvalue weighted by atomic mass is 19.1. The molecule has 1 heterocycles. The summed E-state index contributed by atoms with van der Waals surface area (Å²) in [5.41, 5.74) is 0.876. The number of nitrogens with one attached hydrogen (secondary N) is 2. The van der Waals surface area contributed by atoms with Gasteiger partial charge in [-0.15, -0.1) is 0 Å². The van der Waals surface area contributed by atoms with Gasteiger partial charge in [-0.3, -0.25) is 4.99 Å². The van der Waals surface area contributed by atoms with Crippen LogP contribution in [-0.4, -0.2) is 24.1 Å². The average Bonchev–Trinajstić information content (AvgIpc) is 3.05. The fraction of sp³-hybridized carbons (Fsp3) is 0.250. The minimum absolute atomic E-state index is 0.268. The summed E-state index contributed by atoms with van der Waals surface area (Å²) in [5.74, 6) is 0.253. The van der Waals surface area contributed by atoms with Crippen molar-refractivity contribution >= 4 is 5.96 Å². The smallest absolute Gasteiger partial charge is 0.191 e. The van der Waals surface area contributed by atoms with Crippen molar-refractivity contribution in [3.63, 3.8) is 0 Å². The lowest BCUT2D eigenvalue weighted by molar-refractivity contribution is 0.603. The molecular weight excluding hydrogens is 281 g/mol. The van der Waals surface area contributed by atoms with Gasteiger partial charge in [0.25, 0.3) is 0 Å². The highest BCUT2D eigenvalue weighted by molar-refractivity contribution is 5.79. The second-order valence-electron chi connectivity index (χ2n) is 4.69. The Morgan fingerprint density at radius 1 is 1.32 bits per heavy atom. The number of benzene rings is 1. The summed E-state index contributed by atoms with van der Waals surface area (Å²) in [6.07, 6.45) is 3.97. The Balaban J connectivity index is 1.85. The number of rotatable bonds is 5. The maximum absolute atomic E-state index is 13.7. The first-order chi connectivity index (χ1) is 10.7. The standard InChI is InChI=1S/C16H18FN5/c1-19-16(20-6-9-22-7-2-3-8-22)21-12-14-10-13(11-18)4-5-15(14)17/h2-5,7-8,10H,6,9,12H2,1H3,(H2,19,20,21). The van der Waals surface area contributed by atoms with Crippen LogP contribution < -0.4 is 10.6 Å². The van der Waals surface area contributed by atoms with Gasteiger partial charge in [-0.05, 0) is 30.3 Å². The maximum Gasteiger partial charge on any atom is 0.191 e. The third-order valence-corrected chi connectivity index (χ3v) is 3.17. The molecular formula is C16H18FN5. The van der Waals surface area contributed by atoms with Gasteiger partial charge in [-0.1, -0.05) is 0 Å². The van der Waals surface area contributed by atoms with E-state index in [1.54, 1.807) is 7.05 Å². The van der Waals surface area contributed by atoms with Crippen molar-refractivity contribution in [1.82, 2.24) is 15.2 Å². The molecule has 0 unspecified atom stereocenters. The molecule has 5 nitrogen and oxygen atoms in total. The zero-order chi connectivity index (χ0) is 15.8. The molecule has 0 saturated carbocycles. The predicted molar refractivity (Wildman–Crippen MR) is 83.7 cm³/mol. The first kappa shape index (κ1) is 15.6. The van der Waals surface area contributed by atoms with Crippen LogP contribution in [0.25, 0.3) is 0 Å². The Bertz CT molecular complexity index is 670. The number of hydrogen-bond donors (Lipinski definition) is 2. The number of aromatic nitrogens is 1. The summed E-state index contributed by atoms with van der Waals surface area (Å²) in [6, 6.07) is 10.2. The van der Waals surface area contributed by atoms with Crippen LogP contribution in [0.5, 0.6) is 0 Å². The van der Waals surface area contributed by atoms with Crippen LogP contribution in [0.15, 0.2) is 47.7 Å². The van der Waals surface area contributed by atoms with E-state index in [-0.39, 0.29) is 12.4 Å². The van der Waals surface area contributed by atoms with Gasteiger partial charge >= 0.3 is 0 Å². The van der Waals surface area contributed by atoms with E-state index in [1.165, 1.54) is 18.2 Å². The van der Waals surface area contributed by atoms with Crippen LogP contribution in [0.2, 0.25) is 0 Å². The normalized spacial score (nSPS) is 11.0. The lowest BCUT2D eigenvalue weighted by atomic mass is 10.1. The average molecular weight is 299 g/mol. The van der Waals surface area contributed by atoms with Gasteiger partial charge < -0.3 is 15.2 Å². The highest BCUT2D eigenvalue weighted by Crippen LogP contribution is 2.09. The fourth-order valence-electron chi connectivity index (χ4n) is 2.00. The number of nitriles is 1. The highest BCUT2D eigenvalue weighted by Gasteiger charge is 2.05. The van der Waals surface area contributed by atoms with E-state index < -0.39 is 0 Å². The molecule has 0 radical (unpaired) electrons. The van der Waals surface area contributed by atoms with Gasteiger partial charge in [-0.2, -0.15) is 5.26 Å². The molecule has 0 saturated heterocycles. The van der Waals surface area contributed by atoms with Crippen molar-refractivity contribution in [3.05, 3.63) is 59.7 Å². The predicted octanol–water partition coefficient (Wildman–Crippen LogP) is 1.86. The van der Waals surface area contributed by atoms with Gasteiger partial charge in [0.05, 0.1) is 11.6 Å². The van der Waals surface area contributed by atoms with E-state index in [1.807, 2.05) is 30.6 Å². The van der Waals surface area contributed by atoms with Crippen LogP contribution in [0.4, 0.5) is 4.39 Å². The van der Waals surface area contributed by atoms with Gasteiger partial charge in [0.15, 0.2) is 5.96 Å². The van der Waals surface area contributed by atoms with E-state index in [2.05, 4.69) is 20.2 Å². The molecule has 2 N–H and O–H groups in total. The third-order valence-electron chi connectivity index (χ3n) is 3.17. The molecule has 1 aromatic carbocycles. The first-order valence-electron chi connectivity index (χ1n) is 6.96. The van der Waals surface area contributed by atoms with Crippen LogP contribution in [0, 0.1) is 17.1 Å². The second-order valence-corrected chi connectivity index (χ2v) is 4.69. The largest absolute Gasteiger partial charge is 0.355 e. The zero-order valence-electron chi connectivity index (χ0n) is 12.4. The van der Waals surface area contributed by atoms with E-state index in [0.29, 0.717) is 23.6 Å². The monoisotopic (exact) mass is 299 g/mol. The molecule has 0 amide bonds. The summed E-state index contributed by atoms with van der Waals surface area (Å²) >= 11 is 0. The molecule has 0 aliphatic heterocycles. The number of guanidine groups is 1. The van der Waals surface area contributed by atoms with Crippen LogP contribution in [0.3, 0.4) is 0 Å². The van der Waals surface area contributed by atoms with Crippen molar-refractivity contribution in [3.8, 4) is 6.07 Å². The summed E-state index contributed by atoms with van der Waals surface area (Å²) in [7, 11) is 1.66. The Morgan fingerprint density at radius 3 is 2.77 bits per heavy atom. The Morgan fingerprint density at radius 2 is 2.09 bits per heavy atom. The topological polar surface area (TPSA) is 65.1 Å². The molecule has 0 aliphatic rings. The second kappa shape index (κ2) is 7.84. The van der Waals surface area contributed by atoms with Gasteiger partial charge in [0, 0.05) is 44.6 Å². The van der Waals surface area contributed by atoms with Crippen molar-refractivity contribution < 1.29 is 4.39 Å². The molecule has 6 heteroatoms. The van der Waals surface area contributed by atoms with Gasteiger partial charge in [-0.25, -0.2) is 4.39 Å². The van der Waals surface area contributed by atoms with Gasteiger partial charge in [0.1, 0.15) is 5.82 Å². The molecule has 2 rings (SSSR count). The van der Waals surface area contributed by atoms with E-state index >= 15 is 0 Å². The maximum atomic E-state index is 13.7. The van der Waals surface area contributed by atoms with Crippen LogP contribution >= 0.6 is 0 Å². The summed E-state index contributed by atoms with van der Waals surface area (Å²) in [5, 5.41) is 15.0. The van der Waals surface area contributed by atoms with Gasteiger partial charge in [0.2, 0.25) is 0 Å². The molecule has 114 valence electrons. The molecule has 0 bridgehead atoms. The van der Waals surface area contributed by atoms with E-state index in [0.717, 1.165) is 6.54 Å². The summed E-state index contributed by atoms with van der Waals surface area (Å²) in [4.78, 5) is 4.09. The molecule has 0 spiro atoms. The molecule has 1 aromatic heterocycles. The lowest BCUT2D eigenvalue weighted by Gasteiger charge is -2.12. The SMILES string of the molecule is CN=C(NCCn1cccc1)NCc1cc(C#N)ccc1F. The first-order valence-corrected chi connectivity index (χ1v) is 6.96. The zero-order valence-corrected chi connectivity index (χ0v) is 12.4. The van der Waals surface area contributed by atoms with Crippen molar-refractivity contribution in [2.75, 3.05) is 13.6 Å². The van der Waals surface area contributed by atoms with E-state index in [4.69, 9.17) is 5.26 Å². The van der Waals surface area contributed by atoms with Crippen molar-refractivity contribution in [2.45, 2.75) is 13.1 Å². The van der Waals surface area contributed by atoms with Crippen LogP contribution in [-0.2, 0) is 13.1 Å². The summed E-state index contributed by atoms with van der Waals surface area (Å²) in [6.45, 7) is 1.78. The molecule has 0 aliphatic carbocycles. The quantitative estimate of drug-likeness (QED) is 0.654. The van der Waals surface area contributed by atoms with Crippen LogP contribution in [0.1, 0.15) is 11.1 Å². The molecule has 0 fully saturated rings. The molecule has 2 aromatic rings. The number of nitrogens with zero attached hydrogens (tertiary/aromatic N) is 3. The van der Waals surface area contributed by atoms with Crippen molar-refractivity contribution in [2.24, 2.45) is 4.99 Å². The Labute approximate surface area is 129 Å². The number of hydrogen-bond acceptors (Lipinski definition) is 2.